The SMILES string of the molecule is CCCCC(CC)CNc1ccc(Cl)cc1N. The minimum Gasteiger partial charge on any atom is -0.397 e. The summed E-state index contributed by atoms with van der Waals surface area (Å²) in [5.41, 5.74) is 7.62. The second-order valence-corrected chi connectivity index (χ2v) is 4.97. The summed E-state index contributed by atoms with van der Waals surface area (Å²) in [6, 6.07) is 5.61. The highest BCUT2D eigenvalue weighted by molar-refractivity contribution is 6.31. The maximum atomic E-state index is 5.90. The molecule has 0 bridgehead atoms. The summed E-state index contributed by atoms with van der Waals surface area (Å²) in [5.74, 6) is 0.727. The zero-order valence-corrected chi connectivity index (χ0v) is 11.6. The largest absolute Gasteiger partial charge is 0.397 e. The Hall–Kier alpha value is -0.890. The van der Waals surface area contributed by atoms with Crippen molar-refractivity contribution in [2.24, 2.45) is 5.92 Å². The molecule has 0 aliphatic carbocycles. The lowest BCUT2D eigenvalue weighted by molar-refractivity contribution is 0.473. The van der Waals surface area contributed by atoms with E-state index in [1.165, 1.54) is 25.7 Å². The first kappa shape index (κ1) is 14.2. The molecule has 17 heavy (non-hydrogen) atoms. The van der Waals surface area contributed by atoms with Gasteiger partial charge in [0.05, 0.1) is 11.4 Å². The van der Waals surface area contributed by atoms with Crippen LogP contribution in [0, 0.1) is 5.92 Å². The average molecular weight is 255 g/mol. The number of hydrogen-bond acceptors (Lipinski definition) is 2. The minimum absolute atomic E-state index is 0.686. The van der Waals surface area contributed by atoms with Gasteiger partial charge in [0.2, 0.25) is 0 Å². The second kappa shape index (κ2) is 7.44. The summed E-state index contributed by atoms with van der Waals surface area (Å²) >= 11 is 5.87. The molecular weight excluding hydrogens is 232 g/mol. The van der Waals surface area contributed by atoms with Crippen LogP contribution in [0.5, 0.6) is 0 Å². The molecule has 96 valence electrons. The van der Waals surface area contributed by atoms with E-state index in [-0.39, 0.29) is 0 Å². The quantitative estimate of drug-likeness (QED) is 0.701. The predicted molar refractivity (Wildman–Crippen MR) is 77.7 cm³/mol. The van der Waals surface area contributed by atoms with E-state index in [0.717, 1.165) is 23.8 Å². The molecule has 3 heteroatoms. The normalized spacial score (nSPS) is 12.4. The molecule has 1 rings (SSSR count). The van der Waals surface area contributed by atoms with E-state index >= 15 is 0 Å². The molecule has 0 heterocycles. The van der Waals surface area contributed by atoms with E-state index in [9.17, 15) is 0 Å². The van der Waals surface area contributed by atoms with Crippen LogP contribution < -0.4 is 11.1 Å². The molecule has 0 spiro atoms. The molecule has 0 aromatic heterocycles. The Morgan fingerprint density at radius 3 is 2.71 bits per heavy atom. The van der Waals surface area contributed by atoms with Crippen molar-refractivity contribution in [2.45, 2.75) is 39.5 Å². The summed E-state index contributed by atoms with van der Waals surface area (Å²) in [4.78, 5) is 0. The highest BCUT2D eigenvalue weighted by atomic mass is 35.5. The standard InChI is InChI=1S/C14H23ClN2/c1-3-5-6-11(4-2)10-17-14-8-7-12(15)9-13(14)16/h7-9,11,17H,3-6,10,16H2,1-2H3. The molecule has 0 aliphatic heterocycles. The van der Waals surface area contributed by atoms with Gasteiger partial charge in [0, 0.05) is 11.6 Å². The molecule has 0 amide bonds. The van der Waals surface area contributed by atoms with Gasteiger partial charge in [-0.2, -0.15) is 0 Å². The third-order valence-electron chi connectivity index (χ3n) is 3.14. The number of benzene rings is 1. The van der Waals surface area contributed by atoms with Gasteiger partial charge in [-0.05, 0) is 30.5 Å². The van der Waals surface area contributed by atoms with Crippen LogP contribution in [0.25, 0.3) is 0 Å². The van der Waals surface area contributed by atoms with Crippen molar-refractivity contribution in [3.05, 3.63) is 23.2 Å². The summed E-state index contributed by atoms with van der Waals surface area (Å²) in [5, 5.41) is 4.10. The summed E-state index contributed by atoms with van der Waals surface area (Å²) in [6.07, 6.45) is 5.06. The zero-order chi connectivity index (χ0) is 12.7. The number of nitrogens with two attached hydrogens (primary N) is 1. The van der Waals surface area contributed by atoms with Crippen LogP contribution in [0.1, 0.15) is 39.5 Å². The average Bonchev–Trinajstić information content (AvgIpc) is 2.31. The fourth-order valence-electron chi connectivity index (χ4n) is 1.89. The molecule has 1 atom stereocenters. The first-order valence-corrected chi connectivity index (χ1v) is 6.84. The smallest absolute Gasteiger partial charge is 0.0575 e. The maximum absolute atomic E-state index is 5.90. The van der Waals surface area contributed by atoms with E-state index in [1.54, 1.807) is 6.07 Å². The number of rotatable bonds is 7. The number of anilines is 2. The van der Waals surface area contributed by atoms with Crippen molar-refractivity contribution in [1.29, 1.82) is 0 Å². The first-order valence-electron chi connectivity index (χ1n) is 6.46. The van der Waals surface area contributed by atoms with Crippen molar-refractivity contribution in [3.63, 3.8) is 0 Å². The first-order chi connectivity index (χ1) is 8.17. The molecule has 3 N–H and O–H groups in total. The van der Waals surface area contributed by atoms with Gasteiger partial charge in [-0.1, -0.05) is 44.7 Å². The lowest BCUT2D eigenvalue weighted by Crippen LogP contribution is -2.14. The van der Waals surface area contributed by atoms with Crippen molar-refractivity contribution in [3.8, 4) is 0 Å². The van der Waals surface area contributed by atoms with Crippen molar-refractivity contribution in [2.75, 3.05) is 17.6 Å². The molecule has 1 aromatic carbocycles. The third kappa shape index (κ3) is 4.86. The monoisotopic (exact) mass is 254 g/mol. The lowest BCUT2D eigenvalue weighted by atomic mass is 9.99. The van der Waals surface area contributed by atoms with E-state index < -0.39 is 0 Å². The molecule has 1 aromatic rings. The minimum atomic E-state index is 0.686. The number of nitrogens with one attached hydrogen (secondary N) is 1. The van der Waals surface area contributed by atoms with Gasteiger partial charge in [-0.25, -0.2) is 0 Å². The van der Waals surface area contributed by atoms with Gasteiger partial charge in [-0.15, -0.1) is 0 Å². The van der Waals surface area contributed by atoms with Gasteiger partial charge >= 0.3 is 0 Å². The molecule has 0 radical (unpaired) electrons. The molecular formula is C14H23ClN2. The molecule has 1 unspecified atom stereocenters. The summed E-state index contributed by atoms with van der Waals surface area (Å²) in [6.45, 7) is 5.47. The molecule has 0 fully saturated rings. The summed E-state index contributed by atoms with van der Waals surface area (Å²) in [7, 11) is 0. The van der Waals surface area contributed by atoms with E-state index in [2.05, 4.69) is 19.2 Å². The van der Waals surface area contributed by atoms with Gasteiger partial charge in [-0.3, -0.25) is 0 Å². The zero-order valence-electron chi connectivity index (χ0n) is 10.8. The number of nitrogen functional groups attached to an aromatic ring is 1. The van der Waals surface area contributed by atoms with E-state index in [0.29, 0.717) is 5.02 Å². The highest BCUT2D eigenvalue weighted by Crippen LogP contribution is 2.23. The van der Waals surface area contributed by atoms with Gasteiger partial charge in [0.15, 0.2) is 0 Å². The molecule has 2 nitrogen and oxygen atoms in total. The molecule has 0 saturated carbocycles. The Balaban J connectivity index is 2.47. The van der Waals surface area contributed by atoms with Crippen LogP contribution in [0.3, 0.4) is 0 Å². The van der Waals surface area contributed by atoms with Crippen molar-refractivity contribution in [1.82, 2.24) is 0 Å². The Kier molecular flexibility index (Phi) is 6.20. The Bertz CT molecular complexity index is 339. The fraction of sp³-hybridized carbons (Fsp3) is 0.571. The third-order valence-corrected chi connectivity index (χ3v) is 3.37. The lowest BCUT2D eigenvalue weighted by Gasteiger charge is -2.17. The Labute approximate surface area is 110 Å². The maximum Gasteiger partial charge on any atom is 0.0575 e. The topological polar surface area (TPSA) is 38.0 Å². The molecule has 0 saturated heterocycles. The second-order valence-electron chi connectivity index (χ2n) is 4.53. The van der Waals surface area contributed by atoms with Crippen LogP contribution in [0.4, 0.5) is 11.4 Å². The summed E-state index contributed by atoms with van der Waals surface area (Å²) < 4.78 is 0. The van der Waals surface area contributed by atoms with Gasteiger partial charge < -0.3 is 11.1 Å². The van der Waals surface area contributed by atoms with Gasteiger partial charge in [0.25, 0.3) is 0 Å². The van der Waals surface area contributed by atoms with Crippen LogP contribution >= 0.6 is 11.6 Å². The number of hydrogen-bond donors (Lipinski definition) is 2. The fourth-order valence-corrected chi connectivity index (χ4v) is 2.07. The van der Waals surface area contributed by atoms with Crippen LogP contribution in [0.2, 0.25) is 5.02 Å². The van der Waals surface area contributed by atoms with Crippen LogP contribution in [0.15, 0.2) is 18.2 Å². The number of unbranched alkanes of at least 4 members (excludes halogenated alkanes) is 1. The van der Waals surface area contributed by atoms with Crippen LogP contribution in [-0.2, 0) is 0 Å². The van der Waals surface area contributed by atoms with Crippen molar-refractivity contribution < 1.29 is 0 Å². The Morgan fingerprint density at radius 1 is 1.35 bits per heavy atom. The van der Waals surface area contributed by atoms with Gasteiger partial charge in [0.1, 0.15) is 0 Å². The number of halogens is 1. The van der Waals surface area contributed by atoms with E-state index in [4.69, 9.17) is 17.3 Å². The molecule has 0 aliphatic rings. The van der Waals surface area contributed by atoms with E-state index in [1.807, 2.05) is 12.1 Å². The predicted octanol–water partition coefficient (Wildman–Crippen LogP) is 4.55. The van der Waals surface area contributed by atoms with Crippen molar-refractivity contribution >= 4 is 23.0 Å². The highest BCUT2D eigenvalue weighted by Gasteiger charge is 2.06. The Morgan fingerprint density at radius 2 is 2.12 bits per heavy atom. The van der Waals surface area contributed by atoms with Crippen LogP contribution in [-0.4, -0.2) is 6.54 Å².